The number of aromatic nitrogens is 1. The molecular weight excluding hydrogens is 481 g/mol. The summed E-state index contributed by atoms with van der Waals surface area (Å²) in [7, 11) is -1.07. The number of hydrogen-bond acceptors (Lipinski definition) is 6. The normalized spacial score (nSPS) is 23.9. The molecule has 2 aliphatic heterocycles. The van der Waals surface area contributed by atoms with Crippen LogP contribution < -0.4 is 9.62 Å². The van der Waals surface area contributed by atoms with Crippen LogP contribution in [-0.2, 0) is 14.8 Å². The van der Waals surface area contributed by atoms with Crippen LogP contribution in [0.4, 0.5) is 24.7 Å². The smallest absolute Gasteiger partial charge is 0.268 e. The number of anilines is 2. The van der Waals surface area contributed by atoms with Gasteiger partial charge < -0.3 is 14.5 Å². The predicted octanol–water partition coefficient (Wildman–Crippen LogP) is 3.50. The van der Waals surface area contributed by atoms with E-state index in [-0.39, 0.29) is 17.2 Å². The summed E-state index contributed by atoms with van der Waals surface area (Å²) in [6.07, 6.45) is 1.60. The van der Waals surface area contributed by atoms with Crippen LogP contribution in [0.3, 0.4) is 0 Å². The second-order valence-corrected chi connectivity index (χ2v) is 10.5. The van der Waals surface area contributed by atoms with E-state index in [0.717, 1.165) is 44.1 Å². The Morgan fingerprint density at radius 3 is 2.67 bits per heavy atom. The van der Waals surface area contributed by atoms with Gasteiger partial charge in [-0.3, -0.25) is 4.72 Å². The molecule has 0 radical (unpaired) electrons. The number of methoxy groups -OCH3 is 1. The molecule has 2 fully saturated rings. The molecule has 2 atom stereocenters. The molecule has 33 heavy (non-hydrogen) atoms. The minimum absolute atomic E-state index is 0.0783. The van der Waals surface area contributed by atoms with Gasteiger partial charge in [-0.25, -0.2) is 22.2 Å². The zero-order chi connectivity index (χ0) is 24.0. The third-order valence-corrected chi connectivity index (χ3v) is 8.20. The fourth-order valence-corrected chi connectivity index (χ4v) is 6.24. The number of likely N-dealkylation sites (tertiary alicyclic amines) is 1. The highest BCUT2D eigenvalue weighted by Crippen LogP contribution is 2.42. The molecule has 1 aromatic carbocycles. The monoisotopic (exact) mass is 504 g/mol. The highest BCUT2D eigenvalue weighted by Gasteiger charge is 2.47. The number of halogens is 4. The van der Waals surface area contributed by atoms with Crippen molar-refractivity contribution in [2.24, 2.45) is 5.92 Å². The molecule has 2 aliphatic rings. The molecule has 1 N–H and O–H groups in total. The Kier molecular flexibility index (Phi) is 6.51. The molecule has 12 heteroatoms. The molecular formula is C21H24ClF3N4O3S. The molecule has 0 aliphatic carbocycles. The number of nitrogens with one attached hydrogen (secondary N) is 1. The Morgan fingerprint density at radius 1 is 1.27 bits per heavy atom. The van der Waals surface area contributed by atoms with Gasteiger partial charge in [0.05, 0.1) is 11.3 Å². The van der Waals surface area contributed by atoms with Crippen molar-refractivity contribution in [3.63, 3.8) is 0 Å². The average Bonchev–Trinajstić information content (AvgIpc) is 3.38. The largest absolute Gasteiger partial charge is 0.376 e. The van der Waals surface area contributed by atoms with Gasteiger partial charge in [-0.1, -0.05) is 17.7 Å². The van der Waals surface area contributed by atoms with Crippen molar-refractivity contribution in [2.75, 3.05) is 50.0 Å². The summed E-state index contributed by atoms with van der Waals surface area (Å²) in [4.78, 5) is 6.03. The molecule has 180 valence electrons. The molecule has 2 aromatic rings. The molecule has 2 unspecified atom stereocenters. The number of hydrogen-bond donors (Lipinski definition) is 1. The second-order valence-electron chi connectivity index (χ2n) is 8.47. The summed E-state index contributed by atoms with van der Waals surface area (Å²) < 4.78 is 76.3. The zero-order valence-corrected chi connectivity index (χ0v) is 19.7. The average molecular weight is 505 g/mol. The Hall–Kier alpha value is -2.08. The maximum Gasteiger partial charge on any atom is 0.268 e. The highest BCUT2D eigenvalue weighted by molar-refractivity contribution is 7.92. The molecule has 2 saturated heterocycles. The molecule has 0 spiro atoms. The predicted molar refractivity (Wildman–Crippen MR) is 119 cm³/mol. The van der Waals surface area contributed by atoms with Crippen LogP contribution in [0.25, 0.3) is 0 Å². The molecule has 3 heterocycles. The summed E-state index contributed by atoms with van der Waals surface area (Å²) in [6.45, 7) is 2.62. The molecule has 0 bridgehead atoms. The first kappa shape index (κ1) is 24.1. The highest BCUT2D eigenvalue weighted by atomic mass is 35.5. The Labute approximate surface area is 195 Å². The summed E-state index contributed by atoms with van der Waals surface area (Å²) in [6, 6.07) is 4.29. The van der Waals surface area contributed by atoms with Gasteiger partial charge in [-0.05, 0) is 32.0 Å². The number of benzene rings is 1. The van der Waals surface area contributed by atoms with Gasteiger partial charge in [0.1, 0.15) is 16.7 Å². The number of likely N-dealkylation sites (N-methyl/N-ethyl adjacent to an activating group) is 1. The van der Waals surface area contributed by atoms with E-state index in [4.69, 9.17) is 16.3 Å². The molecule has 0 amide bonds. The summed E-state index contributed by atoms with van der Waals surface area (Å²) >= 11 is 6.19. The number of pyridine rings is 1. The van der Waals surface area contributed by atoms with Crippen molar-refractivity contribution in [3.8, 4) is 0 Å². The Morgan fingerprint density at radius 2 is 2.03 bits per heavy atom. The lowest BCUT2D eigenvalue weighted by Gasteiger charge is -2.34. The number of sulfonamides is 1. The topological polar surface area (TPSA) is 74.8 Å². The van der Waals surface area contributed by atoms with Crippen molar-refractivity contribution in [2.45, 2.75) is 23.3 Å². The van der Waals surface area contributed by atoms with Crippen LogP contribution in [0.5, 0.6) is 0 Å². The Bertz CT molecular complexity index is 1170. The van der Waals surface area contributed by atoms with E-state index in [2.05, 4.69) is 9.88 Å². The minimum Gasteiger partial charge on any atom is -0.376 e. The molecule has 0 saturated carbocycles. The van der Waals surface area contributed by atoms with Crippen LogP contribution in [0.1, 0.15) is 12.8 Å². The van der Waals surface area contributed by atoms with Crippen molar-refractivity contribution >= 4 is 33.1 Å². The fraction of sp³-hybridized carbons (Fsp3) is 0.476. The molecule has 1 aromatic heterocycles. The lowest BCUT2D eigenvalue weighted by molar-refractivity contribution is -0.0415. The van der Waals surface area contributed by atoms with E-state index in [0.29, 0.717) is 13.1 Å². The van der Waals surface area contributed by atoms with E-state index in [1.807, 2.05) is 11.8 Å². The van der Waals surface area contributed by atoms with E-state index in [9.17, 15) is 17.2 Å². The maximum atomic E-state index is 15.1. The summed E-state index contributed by atoms with van der Waals surface area (Å²) in [5.41, 5.74) is -0.271. The van der Waals surface area contributed by atoms with Crippen molar-refractivity contribution in [1.82, 2.24) is 9.88 Å². The van der Waals surface area contributed by atoms with E-state index >= 15 is 4.39 Å². The first-order chi connectivity index (χ1) is 15.6. The lowest BCUT2D eigenvalue weighted by atomic mass is 9.85. The standard InChI is InChI=1S/C21H24ClF3N4O3S/c1-28-9-7-21(12-28,32-2)13-6-8-29(11-13)15-10-14(23)20(19(25)18(15)22)33(30,31)27-17-5-3-4-16(24)26-17/h3-5,10,13H,6-9,11-12H2,1-2H3,(H,26,27). The van der Waals surface area contributed by atoms with E-state index in [1.54, 1.807) is 12.0 Å². The van der Waals surface area contributed by atoms with Gasteiger partial charge in [-0.2, -0.15) is 4.39 Å². The quantitative estimate of drug-likeness (QED) is 0.479. The third kappa shape index (κ3) is 4.51. The van der Waals surface area contributed by atoms with Crippen LogP contribution in [0.2, 0.25) is 5.02 Å². The number of rotatable bonds is 6. The molecule has 4 rings (SSSR count). The van der Waals surface area contributed by atoms with Crippen molar-refractivity contribution < 1.29 is 26.3 Å². The Balaban J connectivity index is 1.61. The lowest BCUT2D eigenvalue weighted by Crippen LogP contribution is -2.43. The maximum absolute atomic E-state index is 15.1. The van der Waals surface area contributed by atoms with Crippen LogP contribution in [0, 0.1) is 23.5 Å². The molecule has 7 nitrogen and oxygen atoms in total. The van der Waals surface area contributed by atoms with Crippen LogP contribution >= 0.6 is 11.6 Å². The fourth-order valence-electron chi connectivity index (χ4n) is 4.77. The number of nitrogens with zero attached hydrogens (tertiary/aromatic N) is 3. The second kappa shape index (κ2) is 8.94. The summed E-state index contributed by atoms with van der Waals surface area (Å²) in [5, 5.41) is -0.500. The SMILES string of the molecule is COC1(C2CCN(c3cc(F)c(S(=O)(=O)Nc4cccc(F)n4)c(F)c3Cl)C2)CCN(C)C1. The first-order valence-corrected chi connectivity index (χ1v) is 12.2. The van der Waals surface area contributed by atoms with Crippen LogP contribution in [0.15, 0.2) is 29.2 Å². The van der Waals surface area contributed by atoms with Gasteiger partial charge in [0, 0.05) is 45.3 Å². The van der Waals surface area contributed by atoms with Gasteiger partial charge in [0.25, 0.3) is 10.0 Å². The van der Waals surface area contributed by atoms with Gasteiger partial charge >= 0.3 is 0 Å². The third-order valence-electron chi connectivity index (χ3n) is 6.45. The first-order valence-electron chi connectivity index (χ1n) is 10.4. The summed E-state index contributed by atoms with van der Waals surface area (Å²) in [5.74, 6) is -3.96. The van der Waals surface area contributed by atoms with Crippen molar-refractivity contribution in [3.05, 3.63) is 46.9 Å². The van der Waals surface area contributed by atoms with Gasteiger partial charge in [0.15, 0.2) is 10.7 Å². The van der Waals surface area contributed by atoms with E-state index in [1.165, 1.54) is 6.07 Å². The number of ether oxygens (including phenoxy) is 1. The van der Waals surface area contributed by atoms with Gasteiger partial charge in [0.2, 0.25) is 5.95 Å². The minimum atomic E-state index is -4.76. The van der Waals surface area contributed by atoms with Gasteiger partial charge in [-0.15, -0.1) is 0 Å². The van der Waals surface area contributed by atoms with Crippen molar-refractivity contribution in [1.29, 1.82) is 0 Å². The van der Waals surface area contributed by atoms with Crippen LogP contribution in [-0.4, -0.2) is 64.2 Å². The van der Waals surface area contributed by atoms with E-state index < -0.39 is 43.3 Å². The zero-order valence-electron chi connectivity index (χ0n) is 18.1.